The van der Waals surface area contributed by atoms with Crippen molar-refractivity contribution in [1.29, 1.82) is 0 Å². The zero-order valence-corrected chi connectivity index (χ0v) is 19.9. The Hall–Kier alpha value is -3.04. The van der Waals surface area contributed by atoms with Gasteiger partial charge in [-0.2, -0.15) is 8.42 Å². The highest BCUT2D eigenvalue weighted by molar-refractivity contribution is 7.86. The van der Waals surface area contributed by atoms with E-state index < -0.39 is 39.5 Å². The number of carbonyl (C=O) groups excluding carboxylic acids is 2. The van der Waals surface area contributed by atoms with Crippen LogP contribution in [0.15, 0.2) is 59.5 Å². The molecule has 0 bridgehead atoms. The Labute approximate surface area is 199 Å². The van der Waals surface area contributed by atoms with Crippen LogP contribution in [-0.4, -0.2) is 36.8 Å². The Morgan fingerprint density at radius 1 is 0.882 bits per heavy atom. The smallest absolute Gasteiger partial charge is 0.314 e. The van der Waals surface area contributed by atoms with Crippen LogP contribution in [0.3, 0.4) is 0 Å². The zero-order chi connectivity index (χ0) is 24.9. The van der Waals surface area contributed by atoms with Crippen molar-refractivity contribution < 1.29 is 36.8 Å². The van der Waals surface area contributed by atoms with Gasteiger partial charge in [-0.05, 0) is 37.1 Å². The van der Waals surface area contributed by atoms with Crippen LogP contribution in [-0.2, 0) is 23.9 Å². The predicted octanol–water partition coefficient (Wildman–Crippen LogP) is 4.24. The molecule has 2 aromatic carbocycles. The second-order valence-electron chi connectivity index (χ2n) is 8.60. The summed E-state index contributed by atoms with van der Waals surface area (Å²) in [6.07, 6.45) is 2.85. The lowest BCUT2D eigenvalue weighted by molar-refractivity contribution is -0.150. The van der Waals surface area contributed by atoms with Crippen LogP contribution in [0.25, 0.3) is 0 Å². The van der Waals surface area contributed by atoms with Crippen molar-refractivity contribution in [2.24, 2.45) is 11.8 Å². The average molecular weight is 489 g/mol. The molecule has 2 atom stereocenters. The summed E-state index contributed by atoms with van der Waals surface area (Å²) >= 11 is 0. The van der Waals surface area contributed by atoms with Crippen molar-refractivity contribution in [1.82, 2.24) is 0 Å². The van der Waals surface area contributed by atoms with E-state index in [9.17, 15) is 22.8 Å². The largest absolute Gasteiger partial charge is 0.481 e. The van der Waals surface area contributed by atoms with E-state index in [2.05, 4.69) is 0 Å². The maximum Gasteiger partial charge on any atom is 0.314 e. The number of Topliss-reactive ketones (excluding diaryl/α,β-unsaturated/α-hetero) is 1. The summed E-state index contributed by atoms with van der Waals surface area (Å²) in [6.45, 7) is 2.85. The molecule has 3 rings (SSSR count). The fourth-order valence-corrected chi connectivity index (χ4v) is 5.11. The van der Waals surface area contributed by atoms with Gasteiger partial charge in [0.15, 0.2) is 11.4 Å². The summed E-state index contributed by atoms with van der Waals surface area (Å²) in [5.74, 6) is -3.97. The first kappa shape index (κ1) is 25.6. The highest BCUT2D eigenvalue weighted by Crippen LogP contribution is 2.37. The number of carboxylic acid groups (broad SMARTS) is 1. The van der Waals surface area contributed by atoms with Gasteiger partial charge in [0.25, 0.3) is 10.1 Å². The van der Waals surface area contributed by atoms with Crippen LogP contribution in [0.1, 0.15) is 56.3 Å². The van der Waals surface area contributed by atoms with Crippen LogP contribution in [0.2, 0.25) is 0 Å². The van der Waals surface area contributed by atoms with Gasteiger partial charge in [-0.1, -0.05) is 63.4 Å². The van der Waals surface area contributed by atoms with E-state index in [1.165, 1.54) is 38.1 Å². The predicted molar refractivity (Wildman–Crippen MR) is 123 cm³/mol. The van der Waals surface area contributed by atoms with Gasteiger partial charge >= 0.3 is 11.9 Å². The normalized spacial score (nSPS) is 17.4. The third-order valence-electron chi connectivity index (χ3n) is 6.22. The van der Waals surface area contributed by atoms with Crippen LogP contribution >= 0.6 is 0 Å². The molecule has 2 aromatic rings. The van der Waals surface area contributed by atoms with Gasteiger partial charge < -0.3 is 9.84 Å². The lowest BCUT2D eigenvalue weighted by Gasteiger charge is -2.34. The molecule has 1 aliphatic carbocycles. The van der Waals surface area contributed by atoms with Crippen molar-refractivity contribution >= 4 is 27.8 Å². The summed E-state index contributed by atoms with van der Waals surface area (Å²) in [5.41, 5.74) is -1.07. The lowest BCUT2D eigenvalue weighted by Crippen LogP contribution is -2.45. The molecule has 0 heterocycles. The van der Waals surface area contributed by atoms with E-state index in [4.69, 9.17) is 14.0 Å². The Bertz CT molecular complexity index is 1130. The molecule has 1 aliphatic rings. The van der Waals surface area contributed by atoms with Crippen molar-refractivity contribution in [3.63, 3.8) is 0 Å². The van der Waals surface area contributed by atoms with Crippen LogP contribution < -0.4 is 4.74 Å². The number of carbonyl (C=O) groups is 3. The standard InChI is InChI=1S/C25H28O8S/c1-17(23(27)28)18(2)24(29)32-20-11-13-21(14-12-20)34(30,31)33-25(15-7-4-8-16-25)22(26)19-9-5-3-6-10-19/h3,5-6,9-14,17-18H,4,7-8,15-16H2,1-2H3,(H,27,28). The minimum atomic E-state index is -4.30. The molecule has 9 heteroatoms. The second kappa shape index (κ2) is 10.5. The number of ketones is 1. The third-order valence-corrected chi connectivity index (χ3v) is 7.61. The monoisotopic (exact) mass is 488 g/mol. The first-order chi connectivity index (χ1) is 16.1. The highest BCUT2D eigenvalue weighted by atomic mass is 32.2. The van der Waals surface area contributed by atoms with E-state index in [-0.39, 0.29) is 16.4 Å². The van der Waals surface area contributed by atoms with Crippen LogP contribution in [0.4, 0.5) is 0 Å². The molecule has 1 saturated carbocycles. The van der Waals surface area contributed by atoms with Gasteiger partial charge in [0.05, 0.1) is 16.7 Å². The fraction of sp³-hybridized carbons (Fsp3) is 0.400. The minimum absolute atomic E-state index is 0.0705. The average Bonchev–Trinajstić information content (AvgIpc) is 2.83. The van der Waals surface area contributed by atoms with E-state index >= 15 is 0 Å². The van der Waals surface area contributed by atoms with E-state index in [0.29, 0.717) is 31.2 Å². The number of esters is 1. The molecule has 2 unspecified atom stereocenters. The van der Waals surface area contributed by atoms with Crippen LogP contribution in [0, 0.1) is 11.8 Å². The molecule has 34 heavy (non-hydrogen) atoms. The molecule has 0 spiro atoms. The molecule has 1 N–H and O–H groups in total. The highest BCUT2D eigenvalue weighted by Gasteiger charge is 2.45. The molecule has 0 aliphatic heterocycles. The molecule has 1 fully saturated rings. The summed E-state index contributed by atoms with van der Waals surface area (Å²) in [4.78, 5) is 36.4. The number of rotatable bonds is 9. The van der Waals surface area contributed by atoms with Gasteiger partial charge in [-0.15, -0.1) is 0 Å². The maximum absolute atomic E-state index is 13.3. The quantitative estimate of drug-likeness (QED) is 0.241. The first-order valence-corrected chi connectivity index (χ1v) is 12.6. The molecular formula is C25H28O8S. The van der Waals surface area contributed by atoms with Gasteiger partial charge in [0, 0.05) is 5.56 Å². The Morgan fingerprint density at radius 2 is 1.47 bits per heavy atom. The van der Waals surface area contributed by atoms with Gasteiger partial charge in [-0.3, -0.25) is 18.6 Å². The molecule has 0 saturated heterocycles. The summed E-state index contributed by atoms with van der Waals surface area (Å²) < 4.78 is 37.0. The van der Waals surface area contributed by atoms with Gasteiger partial charge in [-0.25, -0.2) is 0 Å². The number of benzene rings is 2. The number of carboxylic acids is 1. The number of ether oxygens (including phenoxy) is 1. The molecule has 0 aromatic heterocycles. The van der Waals surface area contributed by atoms with Crippen LogP contribution in [0.5, 0.6) is 5.75 Å². The van der Waals surface area contributed by atoms with E-state index in [1.807, 2.05) is 0 Å². The van der Waals surface area contributed by atoms with Crippen molar-refractivity contribution in [3.05, 3.63) is 60.2 Å². The SMILES string of the molecule is CC(C(=O)O)C(C)C(=O)Oc1ccc(S(=O)(=O)OC2(C(=O)c3ccccc3)CCCCC2)cc1. The Balaban J connectivity index is 1.79. The van der Waals surface area contributed by atoms with Crippen molar-refractivity contribution in [2.75, 3.05) is 0 Å². The Kier molecular flexibility index (Phi) is 7.89. The maximum atomic E-state index is 13.3. The Morgan fingerprint density at radius 3 is 2.03 bits per heavy atom. The molecular weight excluding hydrogens is 460 g/mol. The number of aliphatic carboxylic acids is 1. The zero-order valence-electron chi connectivity index (χ0n) is 19.1. The number of hydrogen-bond acceptors (Lipinski definition) is 7. The molecule has 8 nitrogen and oxygen atoms in total. The van der Waals surface area contributed by atoms with Crippen molar-refractivity contribution in [3.8, 4) is 5.75 Å². The topological polar surface area (TPSA) is 124 Å². The van der Waals surface area contributed by atoms with E-state index in [1.54, 1.807) is 30.3 Å². The second-order valence-corrected chi connectivity index (χ2v) is 10.1. The summed E-state index contributed by atoms with van der Waals surface area (Å²) in [6, 6.07) is 13.5. The van der Waals surface area contributed by atoms with Crippen molar-refractivity contribution in [2.45, 2.75) is 56.4 Å². The van der Waals surface area contributed by atoms with E-state index in [0.717, 1.165) is 6.42 Å². The molecule has 0 radical (unpaired) electrons. The molecule has 182 valence electrons. The first-order valence-electron chi connectivity index (χ1n) is 11.2. The molecule has 0 amide bonds. The fourth-order valence-electron chi connectivity index (χ4n) is 3.88. The van der Waals surface area contributed by atoms with Gasteiger partial charge in [0.1, 0.15) is 5.75 Å². The number of hydrogen-bond donors (Lipinski definition) is 1. The minimum Gasteiger partial charge on any atom is -0.481 e. The summed E-state index contributed by atoms with van der Waals surface area (Å²) in [5, 5.41) is 9.05. The lowest BCUT2D eigenvalue weighted by atomic mass is 9.79. The summed E-state index contributed by atoms with van der Waals surface area (Å²) in [7, 11) is -4.30. The van der Waals surface area contributed by atoms with Gasteiger partial charge in [0.2, 0.25) is 0 Å². The third kappa shape index (κ3) is 5.71.